The fourth-order valence-electron chi connectivity index (χ4n) is 5.38. The van der Waals surface area contributed by atoms with E-state index in [9.17, 15) is 20.1 Å². The SMILES string of the molecule is O=C(CC(c1ccccc1)(c1ccccc1)c1ccccc1)NCCCCN1C[C@@H](O)[C@H](O)[C@H]1CO. The van der Waals surface area contributed by atoms with Crippen molar-refractivity contribution in [1.82, 2.24) is 10.2 Å². The van der Waals surface area contributed by atoms with Crippen LogP contribution in [0.1, 0.15) is 36.0 Å². The van der Waals surface area contributed by atoms with Gasteiger partial charge in [-0.1, -0.05) is 91.0 Å². The molecule has 3 aromatic rings. The van der Waals surface area contributed by atoms with E-state index in [1.165, 1.54) is 0 Å². The second-order valence-electron chi connectivity index (χ2n) is 9.54. The van der Waals surface area contributed by atoms with E-state index < -0.39 is 23.7 Å². The molecule has 1 aliphatic heterocycles. The average Bonchev–Trinajstić information content (AvgIpc) is 3.20. The van der Waals surface area contributed by atoms with Gasteiger partial charge in [0.1, 0.15) is 0 Å². The van der Waals surface area contributed by atoms with Crippen LogP contribution in [0.3, 0.4) is 0 Å². The first-order chi connectivity index (χ1) is 17.6. The lowest BCUT2D eigenvalue weighted by Crippen LogP contribution is -2.39. The van der Waals surface area contributed by atoms with E-state index in [-0.39, 0.29) is 18.9 Å². The number of β-amino-alcohol motifs (C(OH)–C–C–N with tert-alkyl or cyclic N) is 1. The Labute approximate surface area is 213 Å². The normalized spacial score (nSPS) is 20.4. The van der Waals surface area contributed by atoms with Crippen molar-refractivity contribution in [1.29, 1.82) is 0 Å². The van der Waals surface area contributed by atoms with Gasteiger partial charge < -0.3 is 20.6 Å². The lowest BCUT2D eigenvalue weighted by molar-refractivity contribution is -0.121. The van der Waals surface area contributed by atoms with Gasteiger partial charge in [0, 0.05) is 19.5 Å². The van der Waals surface area contributed by atoms with Gasteiger partial charge in [-0.15, -0.1) is 0 Å². The molecule has 0 aromatic heterocycles. The predicted molar refractivity (Wildman–Crippen MR) is 141 cm³/mol. The van der Waals surface area contributed by atoms with Crippen molar-refractivity contribution in [3.8, 4) is 0 Å². The summed E-state index contributed by atoms with van der Waals surface area (Å²) in [5.74, 6) is -0.0215. The number of carbonyl (C=O) groups excluding carboxylic acids is 1. The third kappa shape index (κ3) is 5.68. The predicted octanol–water partition coefficient (Wildman–Crippen LogP) is 2.71. The van der Waals surface area contributed by atoms with Crippen molar-refractivity contribution in [3.63, 3.8) is 0 Å². The van der Waals surface area contributed by atoms with E-state index in [2.05, 4.69) is 41.7 Å². The highest BCUT2D eigenvalue weighted by Gasteiger charge is 2.39. The highest BCUT2D eigenvalue weighted by atomic mass is 16.3. The number of amides is 1. The van der Waals surface area contributed by atoms with Crippen LogP contribution in [0.25, 0.3) is 0 Å². The van der Waals surface area contributed by atoms with Crippen molar-refractivity contribution in [2.45, 2.75) is 42.9 Å². The summed E-state index contributed by atoms with van der Waals surface area (Å²) in [4.78, 5) is 15.3. The Kier molecular flexibility index (Phi) is 8.88. The number of nitrogens with one attached hydrogen (secondary N) is 1. The number of aliphatic hydroxyl groups is 3. The summed E-state index contributed by atoms with van der Waals surface area (Å²) in [6.45, 7) is 1.36. The summed E-state index contributed by atoms with van der Waals surface area (Å²) < 4.78 is 0. The molecule has 1 fully saturated rings. The number of carbonyl (C=O) groups is 1. The zero-order chi connectivity index (χ0) is 25.4. The molecule has 4 rings (SSSR count). The van der Waals surface area contributed by atoms with Crippen LogP contribution >= 0.6 is 0 Å². The Balaban J connectivity index is 1.45. The minimum Gasteiger partial charge on any atom is -0.395 e. The van der Waals surface area contributed by atoms with Gasteiger partial charge in [-0.05, 0) is 36.1 Å². The summed E-state index contributed by atoms with van der Waals surface area (Å²) in [5, 5.41) is 32.5. The summed E-state index contributed by atoms with van der Waals surface area (Å²) in [6.07, 6.45) is 0.0851. The molecule has 6 heteroatoms. The minimum absolute atomic E-state index is 0.0215. The maximum atomic E-state index is 13.4. The van der Waals surface area contributed by atoms with Gasteiger partial charge in [0.15, 0.2) is 0 Å². The standard InChI is InChI=1S/C30H36N2O4/c33-22-26-29(36)27(34)21-32(26)19-11-10-18-31-28(35)20-30(23-12-4-1-5-13-23,24-14-6-2-7-15-24)25-16-8-3-9-17-25/h1-9,12-17,26-27,29,33-34,36H,10-11,18-22H2,(H,31,35)/t26-,27-,29-/m1/s1. The van der Waals surface area contributed by atoms with Crippen molar-refractivity contribution < 1.29 is 20.1 Å². The number of rotatable bonds is 11. The summed E-state index contributed by atoms with van der Waals surface area (Å²) in [7, 11) is 0. The molecule has 0 aliphatic carbocycles. The molecule has 0 saturated carbocycles. The molecule has 3 atom stereocenters. The van der Waals surface area contributed by atoms with E-state index in [0.717, 1.165) is 29.5 Å². The number of benzene rings is 3. The van der Waals surface area contributed by atoms with Crippen molar-refractivity contribution >= 4 is 5.91 Å². The van der Waals surface area contributed by atoms with Gasteiger partial charge >= 0.3 is 0 Å². The molecule has 3 aromatic carbocycles. The third-order valence-corrected chi connectivity index (χ3v) is 7.29. The summed E-state index contributed by atoms with van der Waals surface area (Å²) in [5.41, 5.74) is 2.58. The number of nitrogens with zero attached hydrogens (tertiary/aromatic N) is 1. The summed E-state index contributed by atoms with van der Waals surface area (Å²) >= 11 is 0. The maximum absolute atomic E-state index is 13.4. The maximum Gasteiger partial charge on any atom is 0.221 e. The molecule has 36 heavy (non-hydrogen) atoms. The molecule has 0 radical (unpaired) electrons. The molecule has 1 amide bonds. The Hall–Kier alpha value is -3.03. The topological polar surface area (TPSA) is 93.0 Å². The molecular weight excluding hydrogens is 452 g/mol. The first-order valence-electron chi connectivity index (χ1n) is 12.7. The highest BCUT2D eigenvalue weighted by Crippen LogP contribution is 2.42. The van der Waals surface area contributed by atoms with E-state index >= 15 is 0 Å². The zero-order valence-corrected chi connectivity index (χ0v) is 20.5. The van der Waals surface area contributed by atoms with Gasteiger partial charge in [-0.25, -0.2) is 0 Å². The molecule has 0 unspecified atom stereocenters. The van der Waals surface area contributed by atoms with Crippen LogP contribution in [0.4, 0.5) is 0 Å². The quantitative estimate of drug-likeness (QED) is 0.246. The second-order valence-corrected chi connectivity index (χ2v) is 9.54. The average molecular weight is 489 g/mol. The van der Waals surface area contributed by atoms with Crippen molar-refractivity contribution in [2.75, 3.05) is 26.2 Å². The largest absolute Gasteiger partial charge is 0.395 e. The Morgan fingerprint density at radius 3 is 1.81 bits per heavy atom. The van der Waals surface area contributed by atoms with Gasteiger partial charge in [0.05, 0.1) is 30.3 Å². The molecule has 190 valence electrons. The van der Waals surface area contributed by atoms with Crippen LogP contribution in [0, 0.1) is 0 Å². The monoisotopic (exact) mass is 488 g/mol. The molecule has 0 bridgehead atoms. The molecule has 6 nitrogen and oxygen atoms in total. The van der Waals surface area contributed by atoms with E-state index in [1.807, 2.05) is 59.5 Å². The van der Waals surface area contributed by atoms with Gasteiger partial charge in [-0.3, -0.25) is 9.69 Å². The van der Waals surface area contributed by atoms with Crippen LogP contribution in [0.5, 0.6) is 0 Å². The fourth-order valence-corrected chi connectivity index (χ4v) is 5.38. The molecule has 1 heterocycles. The third-order valence-electron chi connectivity index (χ3n) is 7.29. The van der Waals surface area contributed by atoms with Crippen molar-refractivity contribution in [2.24, 2.45) is 0 Å². The number of aliphatic hydroxyl groups excluding tert-OH is 3. The molecule has 1 aliphatic rings. The molecule has 1 saturated heterocycles. The first-order valence-corrected chi connectivity index (χ1v) is 12.7. The van der Waals surface area contributed by atoms with Gasteiger partial charge in [0.2, 0.25) is 5.91 Å². The molecule has 4 N–H and O–H groups in total. The first kappa shape index (κ1) is 26.0. The van der Waals surface area contributed by atoms with Crippen LogP contribution in [0.15, 0.2) is 91.0 Å². The van der Waals surface area contributed by atoms with E-state index in [4.69, 9.17) is 0 Å². The van der Waals surface area contributed by atoms with Gasteiger partial charge in [-0.2, -0.15) is 0 Å². The Bertz CT molecular complexity index is 981. The second kappa shape index (κ2) is 12.3. The highest BCUT2D eigenvalue weighted by molar-refractivity contribution is 5.80. The van der Waals surface area contributed by atoms with Crippen molar-refractivity contribution in [3.05, 3.63) is 108 Å². The smallest absolute Gasteiger partial charge is 0.221 e. The number of hydrogen-bond donors (Lipinski definition) is 4. The van der Waals surface area contributed by atoms with E-state index in [0.29, 0.717) is 19.6 Å². The zero-order valence-electron chi connectivity index (χ0n) is 20.5. The number of unbranched alkanes of at least 4 members (excludes halogenated alkanes) is 1. The van der Waals surface area contributed by atoms with E-state index in [1.54, 1.807) is 0 Å². The number of likely N-dealkylation sites (tertiary alicyclic amines) is 1. The molecular formula is C30H36N2O4. The lowest BCUT2D eigenvalue weighted by atomic mass is 9.67. The Morgan fingerprint density at radius 1 is 0.833 bits per heavy atom. The van der Waals surface area contributed by atoms with Crippen LogP contribution in [0.2, 0.25) is 0 Å². The van der Waals surface area contributed by atoms with Crippen LogP contribution in [-0.4, -0.2) is 70.6 Å². The van der Waals surface area contributed by atoms with Gasteiger partial charge in [0.25, 0.3) is 0 Å². The minimum atomic E-state index is -0.920. The lowest BCUT2D eigenvalue weighted by Gasteiger charge is -2.35. The molecule has 0 spiro atoms. The summed E-state index contributed by atoms with van der Waals surface area (Å²) in [6, 6.07) is 30.1. The van der Waals surface area contributed by atoms with Crippen LogP contribution in [-0.2, 0) is 10.2 Å². The fraction of sp³-hybridized carbons (Fsp3) is 0.367. The van der Waals surface area contributed by atoms with Crippen LogP contribution < -0.4 is 5.32 Å². The Morgan fingerprint density at radius 2 is 1.33 bits per heavy atom. The number of hydrogen-bond acceptors (Lipinski definition) is 5.